The smallest absolute Gasteiger partial charge is 0.175 e. The van der Waals surface area contributed by atoms with Gasteiger partial charge in [0.25, 0.3) is 0 Å². The van der Waals surface area contributed by atoms with Gasteiger partial charge in [-0.1, -0.05) is 48.0 Å². The SMILES string of the molecule is C[C@H](NCc1c(Cl)cccc1S(C)(=O)=O)c1ccccc1. The van der Waals surface area contributed by atoms with Crippen molar-refractivity contribution in [1.82, 2.24) is 5.32 Å². The Labute approximate surface area is 130 Å². The minimum atomic E-state index is -3.29. The lowest BCUT2D eigenvalue weighted by atomic mass is 10.1. The van der Waals surface area contributed by atoms with Gasteiger partial charge in [-0.05, 0) is 24.6 Å². The first-order valence-electron chi connectivity index (χ1n) is 6.65. The molecule has 0 spiro atoms. The topological polar surface area (TPSA) is 46.2 Å². The molecular weight excluding hydrogens is 306 g/mol. The number of hydrogen-bond donors (Lipinski definition) is 1. The van der Waals surface area contributed by atoms with E-state index in [1.807, 2.05) is 37.3 Å². The average Bonchev–Trinajstić information content (AvgIpc) is 2.45. The zero-order chi connectivity index (χ0) is 15.5. The van der Waals surface area contributed by atoms with E-state index in [2.05, 4.69) is 5.32 Å². The molecule has 2 aromatic carbocycles. The summed E-state index contributed by atoms with van der Waals surface area (Å²) < 4.78 is 23.7. The quantitative estimate of drug-likeness (QED) is 0.914. The number of rotatable bonds is 5. The van der Waals surface area contributed by atoms with Crippen LogP contribution in [0.15, 0.2) is 53.4 Å². The number of hydrogen-bond acceptors (Lipinski definition) is 3. The molecule has 1 atom stereocenters. The van der Waals surface area contributed by atoms with Crippen molar-refractivity contribution >= 4 is 21.4 Å². The highest BCUT2D eigenvalue weighted by Crippen LogP contribution is 2.24. The van der Waals surface area contributed by atoms with Gasteiger partial charge in [0.05, 0.1) is 4.90 Å². The highest BCUT2D eigenvalue weighted by molar-refractivity contribution is 7.90. The molecule has 0 aliphatic rings. The van der Waals surface area contributed by atoms with Crippen LogP contribution in [0.2, 0.25) is 5.02 Å². The van der Waals surface area contributed by atoms with Gasteiger partial charge in [-0.3, -0.25) is 0 Å². The molecule has 0 radical (unpaired) electrons. The maximum atomic E-state index is 11.8. The van der Waals surface area contributed by atoms with Gasteiger partial charge < -0.3 is 5.32 Å². The Balaban J connectivity index is 2.21. The van der Waals surface area contributed by atoms with Gasteiger partial charge in [0, 0.05) is 29.4 Å². The molecule has 112 valence electrons. The van der Waals surface area contributed by atoms with Crippen molar-refractivity contribution in [2.75, 3.05) is 6.26 Å². The van der Waals surface area contributed by atoms with Gasteiger partial charge in [-0.15, -0.1) is 0 Å². The molecule has 2 aromatic rings. The predicted molar refractivity (Wildman–Crippen MR) is 86.3 cm³/mol. The first-order valence-corrected chi connectivity index (χ1v) is 8.92. The van der Waals surface area contributed by atoms with Crippen LogP contribution in [0, 0.1) is 0 Å². The van der Waals surface area contributed by atoms with E-state index in [4.69, 9.17) is 11.6 Å². The zero-order valence-corrected chi connectivity index (χ0v) is 13.6. The van der Waals surface area contributed by atoms with Crippen LogP contribution >= 0.6 is 11.6 Å². The van der Waals surface area contributed by atoms with Gasteiger partial charge >= 0.3 is 0 Å². The first kappa shape index (κ1) is 16.0. The molecule has 3 nitrogen and oxygen atoms in total. The first-order chi connectivity index (χ1) is 9.89. The van der Waals surface area contributed by atoms with Crippen LogP contribution in [0.25, 0.3) is 0 Å². The van der Waals surface area contributed by atoms with E-state index in [0.29, 0.717) is 17.1 Å². The summed E-state index contributed by atoms with van der Waals surface area (Å²) in [6, 6.07) is 15.0. The van der Waals surface area contributed by atoms with Crippen LogP contribution in [0.3, 0.4) is 0 Å². The predicted octanol–water partition coefficient (Wildman–Crippen LogP) is 3.59. The molecule has 0 aromatic heterocycles. The Morgan fingerprint density at radius 3 is 2.38 bits per heavy atom. The molecule has 0 aliphatic carbocycles. The molecule has 0 bridgehead atoms. The average molecular weight is 324 g/mol. The largest absolute Gasteiger partial charge is 0.306 e. The molecule has 0 saturated carbocycles. The van der Waals surface area contributed by atoms with E-state index >= 15 is 0 Å². The minimum Gasteiger partial charge on any atom is -0.306 e. The summed E-state index contributed by atoms with van der Waals surface area (Å²) in [5.74, 6) is 0. The van der Waals surface area contributed by atoms with Crippen molar-refractivity contribution in [3.05, 3.63) is 64.7 Å². The summed E-state index contributed by atoms with van der Waals surface area (Å²) in [6.45, 7) is 2.43. The molecule has 1 N–H and O–H groups in total. The second kappa shape index (κ2) is 6.60. The maximum Gasteiger partial charge on any atom is 0.175 e. The van der Waals surface area contributed by atoms with Crippen molar-refractivity contribution in [3.8, 4) is 0 Å². The third-order valence-electron chi connectivity index (χ3n) is 3.36. The normalized spacial score (nSPS) is 13.1. The molecule has 0 aliphatic heterocycles. The lowest BCUT2D eigenvalue weighted by Gasteiger charge is -2.16. The van der Waals surface area contributed by atoms with E-state index in [0.717, 1.165) is 5.56 Å². The van der Waals surface area contributed by atoms with E-state index < -0.39 is 9.84 Å². The molecule has 0 heterocycles. The molecule has 0 amide bonds. The Morgan fingerprint density at radius 2 is 1.76 bits per heavy atom. The van der Waals surface area contributed by atoms with Crippen molar-refractivity contribution in [1.29, 1.82) is 0 Å². The van der Waals surface area contributed by atoms with Crippen LogP contribution in [-0.4, -0.2) is 14.7 Å². The molecular formula is C16H18ClNO2S. The number of halogens is 1. The van der Waals surface area contributed by atoms with Crippen LogP contribution in [0.5, 0.6) is 0 Å². The van der Waals surface area contributed by atoms with Gasteiger partial charge in [0.2, 0.25) is 0 Å². The monoisotopic (exact) mass is 323 g/mol. The molecule has 21 heavy (non-hydrogen) atoms. The summed E-state index contributed by atoms with van der Waals surface area (Å²) >= 11 is 6.16. The van der Waals surface area contributed by atoms with E-state index in [9.17, 15) is 8.42 Å². The zero-order valence-electron chi connectivity index (χ0n) is 12.0. The molecule has 0 unspecified atom stereocenters. The third-order valence-corrected chi connectivity index (χ3v) is 4.90. The summed E-state index contributed by atoms with van der Waals surface area (Å²) in [5, 5.41) is 3.78. The second-order valence-electron chi connectivity index (χ2n) is 5.00. The summed E-state index contributed by atoms with van der Waals surface area (Å²) in [4.78, 5) is 0.280. The van der Waals surface area contributed by atoms with E-state index in [1.54, 1.807) is 18.2 Å². The van der Waals surface area contributed by atoms with Crippen molar-refractivity contribution in [2.45, 2.75) is 24.4 Å². The van der Waals surface area contributed by atoms with Gasteiger partial charge in [-0.25, -0.2) is 8.42 Å². The lowest BCUT2D eigenvalue weighted by molar-refractivity contribution is 0.566. The molecule has 0 fully saturated rings. The fraction of sp³-hybridized carbons (Fsp3) is 0.250. The van der Waals surface area contributed by atoms with Crippen LogP contribution in [0.1, 0.15) is 24.1 Å². The van der Waals surface area contributed by atoms with E-state index in [1.165, 1.54) is 6.26 Å². The number of sulfone groups is 1. The number of nitrogens with one attached hydrogen (secondary N) is 1. The Hall–Kier alpha value is -1.36. The van der Waals surface area contributed by atoms with E-state index in [-0.39, 0.29) is 10.9 Å². The van der Waals surface area contributed by atoms with Gasteiger partial charge in [0.1, 0.15) is 0 Å². The highest BCUT2D eigenvalue weighted by Gasteiger charge is 2.16. The minimum absolute atomic E-state index is 0.106. The molecule has 5 heteroatoms. The number of benzene rings is 2. The van der Waals surface area contributed by atoms with Crippen LogP contribution < -0.4 is 5.32 Å². The lowest BCUT2D eigenvalue weighted by Crippen LogP contribution is -2.19. The summed E-state index contributed by atoms with van der Waals surface area (Å²) in [6.07, 6.45) is 1.20. The van der Waals surface area contributed by atoms with Crippen molar-refractivity contribution in [2.24, 2.45) is 0 Å². The Kier molecular flexibility index (Phi) is 5.04. The Bertz CT molecular complexity index is 714. The van der Waals surface area contributed by atoms with Crippen molar-refractivity contribution < 1.29 is 8.42 Å². The maximum absolute atomic E-state index is 11.8. The summed E-state index contributed by atoms with van der Waals surface area (Å²) in [5.41, 5.74) is 1.76. The fourth-order valence-electron chi connectivity index (χ4n) is 2.17. The second-order valence-corrected chi connectivity index (χ2v) is 7.39. The third kappa shape index (κ3) is 4.06. The summed E-state index contributed by atoms with van der Waals surface area (Å²) in [7, 11) is -3.29. The van der Waals surface area contributed by atoms with Crippen LogP contribution in [-0.2, 0) is 16.4 Å². The standard InChI is InChI=1S/C16H18ClNO2S/c1-12(13-7-4-3-5-8-13)18-11-14-15(17)9-6-10-16(14)21(2,19)20/h3-10,12,18H,11H2,1-2H3/t12-/m0/s1. The Morgan fingerprint density at radius 1 is 1.10 bits per heavy atom. The highest BCUT2D eigenvalue weighted by atomic mass is 35.5. The van der Waals surface area contributed by atoms with Gasteiger partial charge in [0.15, 0.2) is 9.84 Å². The molecule has 2 rings (SSSR count). The van der Waals surface area contributed by atoms with Crippen LogP contribution in [0.4, 0.5) is 0 Å². The van der Waals surface area contributed by atoms with Gasteiger partial charge in [-0.2, -0.15) is 0 Å². The molecule has 0 saturated heterocycles. The fourth-order valence-corrected chi connectivity index (χ4v) is 3.43. The van der Waals surface area contributed by atoms with Crippen molar-refractivity contribution in [3.63, 3.8) is 0 Å².